The topological polar surface area (TPSA) is 125 Å². The van der Waals surface area contributed by atoms with Crippen molar-refractivity contribution in [3.05, 3.63) is 77.1 Å². The van der Waals surface area contributed by atoms with Crippen LogP contribution in [0.3, 0.4) is 0 Å². The summed E-state index contributed by atoms with van der Waals surface area (Å²) in [4.78, 5) is 48.5. The number of carbonyl (C=O) groups is 3. The zero-order valence-electron chi connectivity index (χ0n) is 22.6. The number of H-pyrrole nitrogens is 1. The molecule has 14 heteroatoms. The maximum atomic E-state index is 16.6. The minimum absolute atomic E-state index is 0.0327. The van der Waals surface area contributed by atoms with E-state index in [1.807, 2.05) is 0 Å². The third-order valence-corrected chi connectivity index (χ3v) is 8.50. The fourth-order valence-corrected chi connectivity index (χ4v) is 6.14. The summed E-state index contributed by atoms with van der Waals surface area (Å²) in [7, 11) is 0. The van der Waals surface area contributed by atoms with Crippen LogP contribution in [-0.4, -0.2) is 53.4 Å². The van der Waals surface area contributed by atoms with Crippen molar-refractivity contribution in [3.63, 3.8) is 0 Å². The predicted molar refractivity (Wildman–Crippen MR) is 147 cm³/mol. The van der Waals surface area contributed by atoms with E-state index in [0.29, 0.717) is 12.8 Å². The molecule has 222 valence electrons. The third-order valence-electron chi connectivity index (χ3n) is 8.50. The molecule has 0 spiro atoms. The van der Waals surface area contributed by atoms with Crippen molar-refractivity contribution >= 4 is 40.1 Å². The smallest absolute Gasteiger partial charge is 0.267 e. The van der Waals surface area contributed by atoms with Crippen molar-refractivity contribution in [1.29, 1.82) is 0 Å². The van der Waals surface area contributed by atoms with Gasteiger partial charge < -0.3 is 9.72 Å². The molecule has 2 fully saturated rings. The number of anilines is 1. The molecule has 2 aliphatic carbocycles. The summed E-state index contributed by atoms with van der Waals surface area (Å²) in [6.07, 6.45) is 2.12. The van der Waals surface area contributed by atoms with Gasteiger partial charge in [0, 0.05) is 22.7 Å². The first-order chi connectivity index (χ1) is 21.2. The van der Waals surface area contributed by atoms with E-state index < -0.39 is 53.7 Å². The molecule has 44 heavy (non-hydrogen) atoms. The number of benzene rings is 2. The largest absolute Gasteiger partial charge is 0.309 e. The molecule has 0 saturated heterocycles. The molecule has 8 rings (SSSR count). The highest BCUT2D eigenvalue weighted by molar-refractivity contribution is 6.21. The maximum Gasteiger partial charge on any atom is 0.267 e. The van der Waals surface area contributed by atoms with Crippen LogP contribution in [0.25, 0.3) is 27.8 Å². The van der Waals surface area contributed by atoms with Crippen LogP contribution in [-0.2, 0) is 4.79 Å². The standard InChI is InChI=1S/C30H21F4N7O3/c31-17-7-15(17)28(42)38-19-11-40-10-18(35-9-20(40)37-19)21-16-8-36-39-25(16)23(24(32)22(21)27(33)34)26(12-5-6-12)41-29(43)13-3-1-2-4-14(13)30(41)44/h1-4,8-12,15,17,26-27H,5-7H2,(H,36,39)(H,38,42)/t15-,17+,26?/m1/s1. The summed E-state index contributed by atoms with van der Waals surface area (Å²) < 4.78 is 61.0. The Morgan fingerprint density at radius 3 is 2.39 bits per heavy atom. The molecule has 0 radical (unpaired) electrons. The Kier molecular flexibility index (Phi) is 5.68. The Hall–Kier alpha value is -5.14. The fourth-order valence-electron chi connectivity index (χ4n) is 6.14. The average Bonchev–Trinajstić information content (AvgIpc) is 3.86. The van der Waals surface area contributed by atoms with E-state index in [1.165, 1.54) is 41.3 Å². The number of nitrogens with one attached hydrogen (secondary N) is 2. The first-order valence-electron chi connectivity index (χ1n) is 14.0. The van der Waals surface area contributed by atoms with Crippen LogP contribution < -0.4 is 5.32 Å². The van der Waals surface area contributed by atoms with Crippen molar-refractivity contribution in [3.8, 4) is 11.3 Å². The highest BCUT2D eigenvalue weighted by atomic mass is 19.3. The lowest BCUT2D eigenvalue weighted by molar-refractivity contribution is -0.117. The van der Waals surface area contributed by atoms with Gasteiger partial charge in [0.05, 0.1) is 58.5 Å². The molecule has 0 bridgehead atoms. The van der Waals surface area contributed by atoms with E-state index in [4.69, 9.17) is 0 Å². The van der Waals surface area contributed by atoms with Gasteiger partial charge in [-0.15, -0.1) is 0 Å². The van der Waals surface area contributed by atoms with Crippen LogP contribution in [0.4, 0.5) is 23.4 Å². The number of carbonyl (C=O) groups excluding carboxylic acids is 3. The van der Waals surface area contributed by atoms with Gasteiger partial charge in [0.15, 0.2) is 11.5 Å². The van der Waals surface area contributed by atoms with E-state index >= 15 is 4.39 Å². The first kappa shape index (κ1) is 26.5. The van der Waals surface area contributed by atoms with Gasteiger partial charge in [0.25, 0.3) is 18.2 Å². The summed E-state index contributed by atoms with van der Waals surface area (Å²) >= 11 is 0. The minimum Gasteiger partial charge on any atom is -0.309 e. The molecular weight excluding hydrogens is 582 g/mol. The normalized spacial score (nSPS) is 20.2. The summed E-state index contributed by atoms with van der Waals surface area (Å²) in [5.74, 6) is -3.96. The Morgan fingerprint density at radius 2 is 1.75 bits per heavy atom. The number of hydrogen-bond donors (Lipinski definition) is 2. The van der Waals surface area contributed by atoms with Crippen molar-refractivity contribution in [2.24, 2.45) is 11.8 Å². The molecule has 3 aromatic heterocycles. The Balaban J connectivity index is 1.26. The number of rotatable bonds is 7. The van der Waals surface area contributed by atoms with Gasteiger partial charge in [0.2, 0.25) is 5.91 Å². The quantitative estimate of drug-likeness (QED) is 0.190. The van der Waals surface area contributed by atoms with Crippen LogP contribution in [0.2, 0.25) is 0 Å². The Morgan fingerprint density at radius 1 is 1.05 bits per heavy atom. The van der Waals surface area contributed by atoms with Gasteiger partial charge in [-0.3, -0.25) is 29.4 Å². The second-order valence-corrected chi connectivity index (χ2v) is 11.3. The summed E-state index contributed by atoms with van der Waals surface area (Å²) in [6.45, 7) is 0. The highest BCUT2D eigenvalue weighted by Gasteiger charge is 2.49. The van der Waals surface area contributed by atoms with Crippen molar-refractivity contribution in [1.82, 2.24) is 29.5 Å². The highest BCUT2D eigenvalue weighted by Crippen LogP contribution is 2.51. The Labute approximate surface area is 245 Å². The fraction of sp³-hybridized carbons (Fsp3) is 0.267. The van der Waals surface area contributed by atoms with Crippen molar-refractivity contribution < 1.29 is 31.9 Å². The number of halogens is 4. The number of fused-ring (bicyclic) bond motifs is 3. The van der Waals surface area contributed by atoms with Crippen LogP contribution in [0.5, 0.6) is 0 Å². The second-order valence-electron chi connectivity index (χ2n) is 11.3. The SMILES string of the molecule is O=C(Nc1cn2cc(-c3c(C(F)F)c(F)c(C(C4CC4)N4C(=O)c5ccccc5C4=O)c4[nH]ncc34)ncc2n1)[C@@H]1C[C@@H]1F. The summed E-state index contributed by atoms with van der Waals surface area (Å²) in [6, 6.07) is 5.11. The lowest BCUT2D eigenvalue weighted by Crippen LogP contribution is -2.36. The van der Waals surface area contributed by atoms with Gasteiger partial charge in [-0.1, -0.05) is 12.1 Å². The predicted octanol–water partition coefficient (Wildman–Crippen LogP) is 5.39. The van der Waals surface area contributed by atoms with E-state index in [0.717, 1.165) is 4.90 Å². The molecule has 3 amide bonds. The molecule has 3 atom stereocenters. The molecule has 2 saturated carbocycles. The third kappa shape index (κ3) is 3.93. The number of hydrogen-bond acceptors (Lipinski definition) is 6. The van der Waals surface area contributed by atoms with Crippen LogP contribution in [0.1, 0.15) is 63.6 Å². The van der Waals surface area contributed by atoms with E-state index in [2.05, 4.69) is 25.5 Å². The van der Waals surface area contributed by atoms with Gasteiger partial charge in [-0.05, 0) is 37.3 Å². The molecule has 3 aliphatic rings. The number of imidazole rings is 1. The van der Waals surface area contributed by atoms with Crippen LogP contribution >= 0.6 is 0 Å². The van der Waals surface area contributed by atoms with Crippen LogP contribution in [0.15, 0.2) is 49.1 Å². The molecule has 2 N–H and O–H groups in total. The molecule has 5 aromatic rings. The van der Waals surface area contributed by atoms with Gasteiger partial charge in [0.1, 0.15) is 12.0 Å². The van der Waals surface area contributed by atoms with E-state index in [9.17, 15) is 27.6 Å². The van der Waals surface area contributed by atoms with E-state index in [1.54, 1.807) is 12.1 Å². The first-order valence-corrected chi connectivity index (χ1v) is 14.0. The van der Waals surface area contributed by atoms with Gasteiger partial charge in [-0.25, -0.2) is 22.5 Å². The number of imide groups is 1. The number of alkyl halides is 3. The number of amides is 3. The lowest BCUT2D eigenvalue weighted by atomic mass is 9.90. The van der Waals surface area contributed by atoms with Gasteiger partial charge >= 0.3 is 0 Å². The van der Waals surface area contributed by atoms with Crippen LogP contribution in [0, 0.1) is 17.7 Å². The average molecular weight is 604 g/mol. The molecule has 2 aromatic carbocycles. The molecule has 10 nitrogen and oxygen atoms in total. The zero-order chi connectivity index (χ0) is 30.4. The minimum atomic E-state index is -3.30. The van der Waals surface area contributed by atoms with Crippen molar-refractivity contribution in [2.45, 2.75) is 37.9 Å². The summed E-state index contributed by atoms with van der Waals surface area (Å²) in [5.41, 5.74) is -0.754. The molecule has 1 unspecified atom stereocenters. The molecule has 4 heterocycles. The van der Waals surface area contributed by atoms with E-state index in [-0.39, 0.29) is 62.7 Å². The second kappa shape index (κ2) is 9.43. The maximum absolute atomic E-state index is 16.6. The molecule has 1 aliphatic heterocycles. The summed E-state index contributed by atoms with van der Waals surface area (Å²) in [5, 5.41) is 9.41. The lowest BCUT2D eigenvalue weighted by Gasteiger charge is -2.28. The molecular formula is C30H21F4N7O3. The number of nitrogens with zero attached hydrogens (tertiary/aromatic N) is 5. The zero-order valence-corrected chi connectivity index (χ0v) is 22.6. The Bertz CT molecular complexity index is 2020. The monoisotopic (exact) mass is 603 g/mol. The van der Waals surface area contributed by atoms with Gasteiger partial charge in [-0.2, -0.15) is 5.10 Å². The van der Waals surface area contributed by atoms with Crippen molar-refractivity contribution in [2.75, 3.05) is 5.32 Å². The number of aromatic nitrogens is 5. The number of aromatic amines is 1.